The molecule has 1 aliphatic heterocycles. The zero-order chi connectivity index (χ0) is 25.3. The van der Waals surface area contributed by atoms with Gasteiger partial charge in [-0.15, -0.1) is 11.8 Å². The third kappa shape index (κ3) is 7.12. The molecule has 4 rings (SSSR count). The molecule has 0 aromatic heterocycles. The fraction of sp³-hybridized carbons (Fsp3) is 0.310. The number of aliphatic hydroxyl groups is 1. The molecule has 0 saturated carbocycles. The number of Topliss-reactive ketones (excluding diaryl/α,β-unsaturated/α-hetero) is 2. The number of benzene rings is 3. The van der Waals surface area contributed by atoms with E-state index in [9.17, 15) is 14.7 Å². The van der Waals surface area contributed by atoms with Crippen molar-refractivity contribution in [1.29, 1.82) is 0 Å². The van der Waals surface area contributed by atoms with Crippen molar-refractivity contribution in [1.82, 2.24) is 4.90 Å². The van der Waals surface area contributed by atoms with Gasteiger partial charge in [-0.2, -0.15) is 0 Å². The van der Waals surface area contributed by atoms with E-state index in [1.165, 1.54) is 4.90 Å². The Balaban J connectivity index is 0.000000198. The maximum Gasteiger partial charge on any atom is 0.195 e. The van der Waals surface area contributed by atoms with E-state index in [1.807, 2.05) is 56.5 Å². The van der Waals surface area contributed by atoms with Gasteiger partial charge in [-0.1, -0.05) is 72.8 Å². The summed E-state index contributed by atoms with van der Waals surface area (Å²) in [5, 5.41) is 9.89. The fourth-order valence-corrected chi connectivity index (χ4v) is 4.32. The van der Waals surface area contributed by atoms with Crippen LogP contribution in [-0.2, 0) is 4.74 Å². The van der Waals surface area contributed by atoms with Crippen LogP contribution in [0.3, 0.4) is 0 Å². The minimum Gasteiger partial charge on any atom is -0.380 e. The molecule has 0 spiro atoms. The molecule has 1 heterocycles. The van der Waals surface area contributed by atoms with Crippen LogP contribution in [0.15, 0.2) is 89.8 Å². The van der Waals surface area contributed by atoms with Gasteiger partial charge in [0, 0.05) is 29.1 Å². The molecule has 1 unspecified atom stereocenters. The van der Waals surface area contributed by atoms with Crippen molar-refractivity contribution in [3.8, 4) is 0 Å². The lowest BCUT2D eigenvalue weighted by Gasteiger charge is -2.39. The number of morpholine rings is 1. The average molecular weight is 492 g/mol. The van der Waals surface area contributed by atoms with Crippen molar-refractivity contribution in [2.75, 3.05) is 32.6 Å². The third-order valence-corrected chi connectivity index (χ3v) is 6.88. The van der Waals surface area contributed by atoms with Gasteiger partial charge < -0.3 is 9.84 Å². The summed E-state index contributed by atoms with van der Waals surface area (Å²) in [7, 11) is 0. The molecular weight excluding hydrogens is 458 g/mol. The van der Waals surface area contributed by atoms with Crippen LogP contribution < -0.4 is 0 Å². The molecule has 3 aromatic rings. The first-order valence-corrected chi connectivity index (χ1v) is 12.9. The van der Waals surface area contributed by atoms with Crippen LogP contribution in [-0.4, -0.2) is 59.7 Å². The van der Waals surface area contributed by atoms with Crippen LogP contribution in [0.25, 0.3) is 0 Å². The highest BCUT2D eigenvalue weighted by Crippen LogP contribution is 2.23. The van der Waals surface area contributed by atoms with Crippen molar-refractivity contribution in [3.05, 3.63) is 102 Å². The zero-order valence-electron chi connectivity index (χ0n) is 20.5. The van der Waals surface area contributed by atoms with E-state index in [0.29, 0.717) is 24.3 Å². The van der Waals surface area contributed by atoms with E-state index < -0.39 is 11.6 Å². The van der Waals surface area contributed by atoms with Crippen molar-refractivity contribution in [2.45, 2.75) is 30.4 Å². The molecule has 184 valence electrons. The van der Waals surface area contributed by atoms with Gasteiger partial charge in [0.15, 0.2) is 11.6 Å². The van der Waals surface area contributed by atoms with Gasteiger partial charge in [0.05, 0.1) is 18.8 Å². The number of carbonyl (C=O) groups excluding carboxylic acids is 2. The van der Waals surface area contributed by atoms with Gasteiger partial charge in [-0.3, -0.25) is 14.5 Å². The van der Waals surface area contributed by atoms with Crippen molar-refractivity contribution >= 4 is 23.3 Å². The summed E-state index contributed by atoms with van der Waals surface area (Å²) in [4.78, 5) is 28.0. The number of nitrogens with zero attached hydrogens (tertiary/aromatic N) is 1. The third-order valence-electron chi connectivity index (χ3n) is 6.13. The lowest BCUT2D eigenvalue weighted by atomic mass is 9.91. The summed E-state index contributed by atoms with van der Waals surface area (Å²) in [5.41, 5.74) is 1.47. The van der Waals surface area contributed by atoms with E-state index in [0.717, 1.165) is 18.7 Å². The normalized spacial score (nSPS) is 15.0. The minimum absolute atomic E-state index is 0.182. The summed E-state index contributed by atoms with van der Waals surface area (Å²) >= 11 is 1.69. The monoisotopic (exact) mass is 491 g/mol. The molecule has 3 aromatic carbocycles. The minimum atomic E-state index is -1.08. The van der Waals surface area contributed by atoms with Crippen molar-refractivity contribution < 1.29 is 19.4 Å². The Hall–Kier alpha value is -2.77. The molecule has 0 amide bonds. The van der Waals surface area contributed by atoms with Crippen LogP contribution in [0.1, 0.15) is 46.2 Å². The number of ketones is 2. The molecule has 1 aliphatic rings. The lowest BCUT2D eigenvalue weighted by Crippen LogP contribution is -2.54. The Morgan fingerprint density at radius 3 is 1.94 bits per heavy atom. The molecule has 5 nitrogen and oxygen atoms in total. The molecule has 1 atom stereocenters. The first kappa shape index (κ1) is 26.8. The molecule has 1 saturated heterocycles. The highest BCUT2D eigenvalue weighted by atomic mass is 32.2. The number of ether oxygens (including phenoxy) is 1. The van der Waals surface area contributed by atoms with E-state index in [2.05, 4.69) is 4.90 Å². The molecule has 1 N–H and O–H groups in total. The number of rotatable bonds is 7. The highest BCUT2D eigenvalue weighted by Gasteiger charge is 2.35. The van der Waals surface area contributed by atoms with Crippen LogP contribution >= 0.6 is 11.8 Å². The largest absolute Gasteiger partial charge is 0.380 e. The predicted molar refractivity (Wildman–Crippen MR) is 141 cm³/mol. The van der Waals surface area contributed by atoms with Gasteiger partial charge in [-0.05, 0) is 37.8 Å². The molecule has 0 aliphatic carbocycles. The van der Waals surface area contributed by atoms with Crippen LogP contribution in [0.4, 0.5) is 0 Å². The SMILES string of the molecule is CSc1ccc(C(=O)C(C)(C)N2CCOCC2)cc1.O=C(c1ccccc1)C(O)c1ccccc1. The number of thioether (sulfide) groups is 1. The highest BCUT2D eigenvalue weighted by molar-refractivity contribution is 7.98. The van der Waals surface area contributed by atoms with E-state index in [-0.39, 0.29) is 11.6 Å². The maximum absolute atomic E-state index is 12.7. The molecule has 0 bridgehead atoms. The topological polar surface area (TPSA) is 66.8 Å². The summed E-state index contributed by atoms with van der Waals surface area (Å²) in [6.07, 6.45) is 0.956. The smallest absolute Gasteiger partial charge is 0.195 e. The first-order valence-electron chi connectivity index (χ1n) is 11.7. The van der Waals surface area contributed by atoms with Crippen LogP contribution in [0.2, 0.25) is 0 Å². The summed E-state index contributed by atoms with van der Waals surface area (Å²) < 4.78 is 5.35. The molecule has 35 heavy (non-hydrogen) atoms. The summed E-state index contributed by atoms with van der Waals surface area (Å²) in [6.45, 7) is 7.07. The number of aliphatic hydroxyl groups excluding tert-OH is 1. The van der Waals surface area contributed by atoms with Gasteiger partial charge in [0.1, 0.15) is 6.10 Å². The van der Waals surface area contributed by atoms with E-state index in [4.69, 9.17) is 4.74 Å². The molecule has 0 radical (unpaired) electrons. The second-order valence-corrected chi connectivity index (χ2v) is 9.64. The number of hydrogen-bond acceptors (Lipinski definition) is 6. The Morgan fingerprint density at radius 2 is 1.40 bits per heavy atom. The number of hydrogen-bond donors (Lipinski definition) is 1. The van der Waals surface area contributed by atoms with Gasteiger partial charge >= 0.3 is 0 Å². The zero-order valence-corrected chi connectivity index (χ0v) is 21.3. The first-order chi connectivity index (χ1) is 16.8. The second-order valence-electron chi connectivity index (χ2n) is 8.76. The van der Waals surface area contributed by atoms with Gasteiger partial charge in [0.2, 0.25) is 0 Å². The van der Waals surface area contributed by atoms with Gasteiger partial charge in [0.25, 0.3) is 0 Å². The average Bonchev–Trinajstić information content (AvgIpc) is 2.93. The van der Waals surface area contributed by atoms with Gasteiger partial charge in [-0.25, -0.2) is 0 Å². The van der Waals surface area contributed by atoms with Crippen LogP contribution in [0.5, 0.6) is 0 Å². The Kier molecular flexibility index (Phi) is 9.81. The molecular formula is C29H33NO4S. The van der Waals surface area contributed by atoms with Crippen molar-refractivity contribution in [3.63, 3.8) is 0 Å². The van der Waals surface area contributed by atoms with Crippen LogP contribution in [0, 0.1) is 0 Å². The fourth-order valence-electron chi connectivity index (χ4n) is 3.91. The second kappa shape index (κ2) is 12.8. The number of carbonyl (C=O) groups is 2. The van der Waals surface area contributed by atoms with E-state index in [1.54, 1.807) is 60.3 Å². The predicted octanol–water partition coefficient (Wildman–Crippen LogP) is 5.30. The Labute approximate surface area is 212 Å². The van der Waals surface area contributed by atoms with E-state index >= 15 is 0 Å². The summed E-state index contributed by atoms with van der Waals surface area (Å²) in [5.74, 6) is -0.0890. The standard InChI is InChI=1S/C15H21NO2S.C14H12O2/c1-15(2,16-8-10-18-11-9-16)14(17)12-4-6-13(19-3)7-5-12;15-13(11-7-3-1-4-8-11)14(16)12-9-5-2-6-10-12/h4-7H,8-11H2,1-3H3;1-10,13,15H. The Bertz CT molecular complexity index is 1080. The van der Waals surface area contributed by atoms with Crippen molar-refractivity contribution in [2.24, 2.45) is 0 Å². The molecule has 6 heteroatoms. The maximum atomic E-state index is 12.7. The lowest BCUT2D eigenvalue weighted by molar-refractivity contribution is -0.00430. The summed E-state index contributed by atoms with van der Waals surface area (Å²) in [6, 6.07) is 25.6. The quantitative estimate of drug-likeness (QED) is 0.357. The molecule has 1 fully saturated rings. The Morgan fingerprint density at radius 1 is 0.857 bits per heavy atom.